The van der Waals surface area contributed by atoms with Gasteiger partial charge in [0.15, 0.2) is 6.29 Å². The van der Waals surface area contributed by atoms with Crippen LogP contribution in [0.1, 0.15) is 90.4 Å². The minimum atomic E-state index is -1.45. The first-order chi connectivity index (χ1) is 12.1. The molecule has 0 aliphatic rings. The van der Waals surface area contributed by atoms with Crippen LogP contribution in [0.25, 0.3) is 0 Å². The fourth-order valence-electron chi connectivity index (χ4n) is 2.84. The van der Waals surface area contributed by atoms with E-state index in [-0.39, 0.29) is 6.54 Å². The van der Waals surface area contributed by atoms with Crippen molar-refractivity contribution in [2.24, 2.45) is 5.73 Å². The number of unbranched alkanes of at least 4 members (excludes halogenated alkanes) is 10. The molecule has 0 heterocycles. The van der Waals surface area contributed by atoms with E-state index in [1.807, 2.05) is 0 Å². The molecule has 148 valence electrons. The maximum atomic E-state index is 11.3. The van der Waals surface area contributed by atoms with Crippen molar-refractivity contribution in [3.05, 3.63) is 12.2 Å². The molecule has 5 nitrogen and oxygen atoms in total. The summed E-state index contributed by atoms with van der Waals surface area (Å²) in [6, 6.07) is -0.473. The number of nitrogens with two attached hydrogens (primary N) is 1. The number of hydrogen-bond acceptors (Lipinski definition) is 4. The predicted octanol–water partition coefficient (Wildman–Crippen LogP) is 3.39. The first-order valence-electron chi connectivity index (χ1n) is 10.1. The molecule has 0 aliphatic heterocycles. The predicted molar refractivity (Wildman–Crippen MR) is 104 cm³/mol. The van der Waals surface area contributed by atoms with Gasteiger partial charge in [-0.05, 0) is 32.1 Å². The van der Waals surface area contributed by atoms with E-state index >= 15 is 0 Å². The lowest BCUT2D eigenvalue weighted by atomic mass is 10.1. The lowest BCUT2D eigenvalue weighted by Crippen LogP contribution is -2.44. The molecule has 1 amide bonds. The van der Waals surface area contributed by atoms with Gasteiger partial charge >= 0.3 is 0 Å². The number of aliphatic hydroxyl groups excluding tert-OH is 1. The van der Waals surface area contributed by atoms with Crippen LogP contribution in [0, 0.1) is 0 Å². The van der Waals surface area contributed by atoms with E-state index in [9.17, 15) is 4.79 Å². The smallest absolute Gasteiger partial charge is 0.234 e. The van der Waals surface area contributed by atoms with Crippen LogP contribution in [-0.2, 0) is 4.79 Å². The van der Waals surface area contributed by atoms with Crippen LogP contribution < -0.4 is 11.1 Å². The maximum absolute atomic E-state index is 11.3. The molecule has 0 saturated heterocycles. The standard InChI is InChI=1S/C20H40N2O3/c1-2-3-4-5-6-7-8-9-10-11-12-13-14-15-16-18(20(21)25)22-17-19(23)24/h9-10,18-19,22-24H,2-8,11-17H2,1H3,(H2,21,25)/b10-9-. The molecule has 1 atom stereocenters. The summed E-state index contributed by atoms with van der Waals surface area (Å²) in [5.41, 5.74) is 5.30. The van der Waals surface area contributed by atoms with Gasteiger partial charge in [-0.2, -0.15) is 0 Å². The minimum absolute atomic E-state index is 0.0307. The summed E-state index contributed by atoms with van der Waals surface area (Å²) in [5, 5.41) is 20.4. The van der Waals surface area contributed by atoms with Crippen LogP contribution in [0.2, 0.25) is 0 Å². The molecular weight excluding hydrogens is 316 g/mol. The van der Waals surface area contributed by atoms with Crippen molar-refractivity contribution in [2.75, 3.05) is 6.54 Å². The van der Waals surface area contributed by atoms with Gasteiger partial charge < -0.3 is 21.3 Å². The Kier molecular flexibility index (Phi) is 17.2. The zero-order chi connectivity index (χ0) is 18.8. The summed E-state index contributed by atoms with van der Waals surface area (Å²) in [7, 11) is 0. The second-order valence-corrected chi connectivity index (χ2v) is 6.86. The van der Waals surface area contributed by atoms with Crippen molar-refractivity contribution in [3.8, 4) is 0 Å². The minimum Gasteiger partial charge on any atom is -0.368 e. The molecule has 25 heavy (non-hydrogen) atoms. The third-order valence-corrected chi connectivity index (χ3v) is 4.39. The van der Waals surface area contributed by atoms with Crippen molar-refractivity contribution in [1.82, 2.24) is 5.32 Å². The molecule has 0 radical (unpaired) electrons. The van der Waals surface area contributed by atoms with Gasteiger partial charge in [0.2, 0.25) is 5.91 Å². The van der Waals surface area contributed by atoms with E-state index in [1.165, 1.54) is 51.4 Å². The molecule has 1 unspecified atom stereocenters. The van der Waals surface area contributed by atoms with Crippen LogP contribution in [-0.4, -0.2) is 35.0 Å². The number of amides is 1. The maximum Gasteiger partial charge on any atom is 0.234 e. The first-order valence-corrected chi connectivity index (χ1v) is 10.1. The Morgan fingerprint density at radius 3 is 1.96 bits per heavy atom. The summed E-state index contributed by atoms with van der Waals surface area (Å²) >= 11 is 0. The van der Waals surface area contributed by atoms with Gasteiger partial charge in [-0.15, -0.1) is 0 Å². The van der Waals surface area contributed by atoms with E-state index in [1.54, 1.807) is 0 Å². The van der Waals surface area contributed by atoms with Crippen LogP contribution in [0.4, 0.5) is 0 Å². The van der Waals surface area contributed by atoms with Crippen molar-refractivity contribution < 1.29 is 15.0 Å². The van der Waals surface area contributed by atoms with Crippen molar-refractivity contribution in [1.29, 1.82) is 0 Å². The molecule has 0 aromatic heterocycles. The van der Waals surface area contributed by atoms with Gasteiger partial charge in [0, 0.05) is 6.54 Å². The first kappa shape index (κ1) is 24.1. The van der Waals surface area contributed by atoms with E-state index in [2.05, 4.69) is 24.4 Å². The van der Waals surface area contributed by atoms with Gasteiger partial charge in [-0.1, -0.05) is 70.4 Å². The quantitative estimate of drug-likeness (QED) is 0.172. The van der Waals surface area contributed by atoms with Crippen molar-refractivity contribution in [2.45, 2.75) is 103 Å². The monoisotopic (exact) mass is 356 g/mol. The van der Waals surface area contributed by atoms with Crippen LogP contribution >= 0.6 is 0 Å². The molecular formula is C20H40N2O3. The highest BCUT2D eigenvalue weighted by Crippen LogP contribution is 2.10. The fraction of sp³-hybridized carbons (Fsp3) is 0.850. The third kappa shape index (κ3) is 17.7. The third-order valence-electron chi connectivity index (χ3n) is 4.39. The second-order valence-electron chi connectivity index (χ2n) is 6.86. The fourth-order valence-corrected chi connectivity index (χ4v) is 2.84. The summed E-state index contributed by atoms with van der Waals surface area (Å²) in [6.45, 7) is 2.22. The summed E-state index contributed by atoms with van der Waals surface area (Å²) in [4.78, 5) is 11.3. The van der Waals surface area contributed by atoms with Crippen LogP contribution in [0.15, 0.2) is 12.2 Å². The average molecular weight is 357 g/mol. The zero-order valence-electron chi connectivity index (χ0n) is 16.1. The van der Waals surface area contributed by atoms with E-state index in [0.717, 1.165) is 25.7 Å². The molecule has 0 fully saturated rings. The summed E-state index contributed by atoms with van der Waals surface area (Å²) in [6.07, 6.45) is 18.5. The summed E-state index contributed by atoms with van der Waals surface area (Å²) in [5.74, 6) is -0.432. The Balaban J connectivity index is 3.44. The molecule has 5 heteroatoms. The number of rotatable bonds is 18. The Labute approximate surface area is 154 Å². The Morgan fingerprint density at radius 2 is 1.44 bits per heavy atom. The zero-order valence-corrected chi connectivity index (χ0v) is 16.1. The second kappa shape index (κ2) is 17.9. The van der Waals surface area contributed by atoms with E-state index < -0.39 is 18.2 Å². The average Bonchev–Trinajstić information content (AvgIpc) is 2.57. The normalized spacial score (nSPS) is 13.0. The number of nitrogens with one attached hydrogen (secondary N) is 1. The van der Waals surface area contributed by atoms with Gasteiger partial charge in [0.25, 0.3) is 0 Å². The highest BCUT2D eigenvalue weighted by Gasteiger charge is 2.14. The van der Waals surface area contributed by atoms with Gasteiger partial charge in [-0.3, -0.25) is 4.79 Å². The number of primary amides is 1. The molecule has 0 spiro atoms. The van der Waals surface area contributed by atoms with Crippen LogP contribution in [0.5, 0.6) is 0 Å². The molecule has 0 aromatic rings. The van der Waals surface area contributed by atoms with Crippen LogP contribution in [0.3, 0.4) is 0 Å². The highest BCUT2D eigenvalue weighted by atomic mass is 16.5. The van der Waals surface area contributed by atoms with Crippen molar-refractivity contribution in [3.63, 3.8) is 0 Å². The Morgan fingerprint density at radius 1 is 0.920 bits per heavy atom. The molecule has 0 aromatic carbocycles. The number of hydrogen-bond donors (Lipinski definition) is 4. The molecule has 5 N–H and O–H groups in total. The molecule has 0 saturated carbocycles. The Hall–Kier alpha value is -0.910. The van der Waals surface area contributed by atoms with Crippen molar-refractivity contribution >= 4 is 5.91 Å². The number of aliphatic hydroxyl groups is 2. The Bertz CT molecular complexity index is 333. The lowest BCUT2D eigenvalue weighted by Gasteiger charge is -2.15. The van der Waals surface area contributed by atoms with Gasteiger partial charge in [0.05, 0.1) is 6.04 Å². The SMILES string of the molecule is CCCCCCCC/C=C\CCCCCCC(NCC(O)O)C(N)=O. The number of allylic oxidation sites excluding steroid dienone is 2. The molecule has 0 bridgehead atoms. The molecule has 0 aliphatic carbocycles. The number of carbonyl (C=O) groups excluding carboxylic acids is 1. The van der Waals surface area contributed by atoms with Gasteiger partial charge in [-0.25, -0.2) is 0 Å². The highest BCUT2D eigenvalue weighted by molar-refractivity contribution is 5.79. The summed E-state index contributed by atoms with van der Waals surface area (Å²) < 4.78 is 0. The number of carbonyl (C=O) groups is 1. The van der Waals surface area contributed by atoms with E-state index in [4.69, 9.17) is 15.9 Å². The largest absolute Gasteiger partial charge is 0.368 e. The topological polar surface area (TPSA) is 95.6 Å². The lowest BCUT2D eigenvalue weighted by molar-refractivity contribution is -0.120. The molecule has 0 rings (SSSR count). The van der Waals surface area contributed by atoms with Gasteiger partial charge in [0.1, 0.15) is 0 Å². The van der Waals surface area contributed by atoms with E-state index in [0.29, 0.717) is 6.42 Å².